The molecule has 2 aliphatic rings. The number of aryl methyl sites for hydroxylation is 1. The Morgan fingerprint density at radius 1 is 1.15 bits per heavy atom. The maximum absolute atomic E-state index is 5.32. The minimum Gasteiger partial charge on any atom is -0.383 e. The molecule has 2 saturated heterocycles. The quantitative estimate of drug-likeness (QED) is 0.713. The van der Waals surface area contributed by atoms with Crippen molar-refractivity contribution >= 4 is 11.5 Å². The SMILES string of the molecule is COCCN1CC2CN(Cc3ccns3)CC2(CCc2ccccc2)C1. The van der Waals surface area contributed by atoms with Crippen LogP contribution in [0.4, 0.5) is 0 Å². The van der Waals surface area contributed by atoms with Gasteiger partial charge in [0.05, 0.1) is 6.61 Å². The largest absolute Gasteiger partial charge is 0.383 e. The van der Waals surface area contributed by atoms with Gasteiger partial charge in [-0.2, -0.15) is 0 Å². The Hall–Kier alpha value is -1.27. The fourth-order valence-electron chi connectivity index (χ4n) is 4.85. The Balaban J connectivity index is 1.44. The topological polar surface area (TPSA) is 28.6 Å². The molecule has 140 valence electrons. The van der Waals surface area contributed by atoms with Crippen molar-refractivity contribution in [3.8, 4) is 0 Å². The van der Waals surface area contributed by atoms with E-state index in [4.69, 9.17) is 4.74 Å². The lowest BCUT2D eigenvalue weighted by atomic mass is 9.76. The molecular weight excluding hydrogens is 342 g/mol. The lowest BCUT2D eigenvalue weighted by Crippen LogP contribution is -2.35. The van der Waals surface area contributed by atoms with Crippen molar-refractivity contribution < 1.29 is 4.74 Å². The molecule has 0 aliphatic carbocycles. The highest BCUT2D eigenvalue weighted by Gasteiger charge is 2.51. The third-order valence-corrected chi connectivity index (χ3v) is 6.86. The molecule has 26 heavy (non-hydrogen) atoms. The Kier molecular flexibility index (Phi) is 5.69. The highest BCUT2D eigenvalue weighted by molar-refractivity contribution is 7.05. The minimum absolute atomic E-state index is 0.425. The zero-order chi connectivity index (χ0) is 17.8. The van der Waals surface area contributed by atoms with Crippen LogP contribution in [0.3, 0.4) is 0 Å². The molecule has 2 fully saturated rings. The van der Waals surface area contributed by atoms with Gasteiger partial charge < -0.3 is 9.64 Å². The lowest BCUT2D eigenvalue weighted by molar-refractivity contribution is 0.141. The number of hydrogen-bond acceptors (Lipinski definition) is 5. The highest BCUT2D eigenvalue weighted by Crippen LogP contribution is 2.46. The number of aromatic nitrogens is 1. The Bertz CT molecular complexity index is 678. The van der Waals surface area contributed by atoms with Crippen molar-refractivity contribution in [1.82, 2.24) is 14.2 Å². The van der Waals surface area contributed by atoms with E-state index in [9.17, 15) is 0 Å². The van der Waals surface area contributed by atoms with Gasteiger partial charge in [-0.05, 0) is 41.9 Å². The number of ether oxygens (including phenoxy) is 1. The summed E-state index contributed by atoms with van der Waals surface area (Å²) in [6.45, 7) is 7.83. The van der Waals surface area contributed by atoms with E-state index < -0.39 is 0 Å². The first kappa shape index (κ1) is 18.1. The number of rotatable bonds is 8. The number of nitrogens with zero attached hydrogens (tertiary/aromatic N) is 3. The van der Waals surface area contributed by atoms with E-state index in [1.165, 1.54) is 49.5 Å². The van der Waals surface area contributed by atoms with Crippen LogP contribution in [0.25, 0.3) is 0 Å². The molecule has 2 aliphatic heterocycles. The van der Waals surface area contributed by atoms with Crippen molar-refractivity contribution in [2.75, 3.05) is 46.4 Å². The van der Waals surface area contributed by atoms with Gasteiger partial charge in [-0.1, -0.05) is 30.3 Å². The maximum atomic E-state index is 5.32. The first-order valence-corrected chi connectivity index (χ1v) is 10.4. The van der Waals surface area contributed by atoms with E-state index in [0.717, 1.165) is 25.6 Å². The summed E-state index contributed by atoms with van der Waals surface area (Å²) in [7, 11) is 1.80. The first-order chi connectivity index (χ1) is 12.8. The monoisotopic (exact) mass is 371 g/mol. The molecule has 1 aromatic heterocycles. The van der Waals surface area contributed by atoms with E-state index in [0.29, 0.717) is 5.41 Å². The normalized spacial score (nSPS) is 26.4. The van der Waals surface area contributed by atoms with E-state index in [2.05, 4.69) is 50.6 Å². The van der Waals surface area contributed by atoms with Crippen LogP contribution in [0.15, 0.2) is 42.6 Å². The van der Waals surface area contributed by atoms with Crippen molar-refractivity contribution in [1.29, 1.82) is 0 Å². The molecule has 4 rings (SSSR count). The molecule has 2 atom stereocenters. The van der Waals surface area contributed by atoms with Gasteiger partial charge in [0.25, 0.3) is 0 Å². The predicted octanol–water partition coefficient (Wildman–Crippen LogP) is 3.16. The highest BCUT2D eigenvalue weighted by atomic mass is 32.1. The van der Waals surface area contributed by atoms with Gasteiger partial charge in [0.2, 0.25) is 0 Å². The molecule has 5 heteroatoms. The fourth-order valence-corrected chi connectivity index (χ4v) is 5.47. The molecule has 1 aromatic carbocycles. The van der Waals surface area contributed by atoms with Gasteiger partial charge >= 0.3 is 0 Å². The standard InChI is InChI=1S/C21H29N3OS/c1-25-12-11-23-13-19-14-24(15-20-8-10-22-26-20)17-21(19,16-23)9-7-18-5-3-2-4-6-18/h2-6,8,10,19H,7,9,11-17H2,1H3. The zero-order valence-corrected chi connectivity index (χ0v) is 16.5. The van der Waals surface area contributed by atoms with Crippen LogP contribution in [-0.2, 0) is 17.7 Å². The molecular formula is C21H29N3OS. The Morgan fingerprint density at radius 2 is 1.96 bits per heavy atom. The number of hydrogen-bond donors (Lipinski definition) is 0. The summed E-state index contributed by atoms with van der Waals surface area (Å²) >= 11 is 1.64. The summed E-state index contributed by atoms with van der Waals surface area (Å²) in [6.07, 6.45) is 4.39. The molecule has 0 N–H and O–H groups in total. The molecule has 2 unspecified atom stereocenters. The summed E-state index contributed by atoms with van der Waals surface area (Å²) in [5.41, 5.74) is 1.89. The maximum Gasteiger partial charge on any atom is 0.0589 e. The van der Waals surface area contributed by atoms with Crippen molar-refractivity contribution in [3.05, 3.63) is 53.0 Å². The second-order valence-electron chi connectivity index (χ2n) is 7.92. The average Bonchev–Trinajstić information content (AvgIpc) is 3.34. The molecule has 0 bridgehead atoms. The van der Waals surface area contributed by atoms with E-state index in [1.807, 2.05) is 6.20 Å². The van der Waals surface area contributed by atoms with Crippen molar-refractivity contribution in [3.63, 3.8) is 0 Å². The van der Waals surface area contributed by atoms with Gasteiger partial charge in [-0.25, -0.2) is 4.37 Å². The minimum atomic E-state index is 0.425. The van der Waals surface area contributed by atoms with Crippen LogP contribution in [0.1, 0.15) is 16.9 Å². The van der Waals surface area contributed by atoms with Gasteiger partial charge in [-0.15, -0.1) is 0 Å². The van der Waals surface area contributed by atoms with Crippen LogP contribution in [0.5, 0.6) is 0 Å². The third-order valence-electron chi connectivity index (χ3n) is 6.14. The van der Waals surface area contributed by atoms with Gasteiger partial charge in [-0.3, -0.25) is 4.90 Å². The van der Waals surface area contributed by atoms with Crippen LogP contribution in [0.2, 0.25) is 0 Å². The van der Waals surface area contributed by atoms with Crippen LogP contribution >= 0.6 is 11.5 Å². The fraction of sp³-hybridized carbons (Fsp3) is 0.571. The van der Waals surface area contributed by atoms with E-state index in [-0.39, 0.29) is 0 Å². The van der Waals surface area contributed by atoms with Crippen molar-refractivity contribution in [2.24, 2.45) is 11.3 Å². The summed E-state index contributed by atoms with van der Waals surface area (Å²) in [4.78, 5) is 6.68. The number of likely N-dealkylation sites (tertiary alicyclic amines) is 2. The second kappa shape index (κ2) is 8.17. The van der Waals surface area contributed by atoms with Gasteiger partial charge in [0.15, 0.2) is 0 Å². The summed E-state index contributed by atoms with van der Waals surface area (Å²) in [6, 6.07) is 13.1. The summed E-state index contributed by atoms with van der Waals surface area (Å²) in [5.74, 6) is 0.774. The number of methoxy groups -OCH3 is 1. The Morgan fingerprint density at radius 3 is 2.73 bits per heavy atom. The van der Waals surface area contributed by atoms with Crippen LogP contribution < -0.4 is 0 Å². The molecule has 0 amide bonds. The predicted molar refractivity (Wildman–Crippen MR) is 106 cm³/mol. The number of benzene rings is 1. The molecule has 2 aromatic rings. The van der Waals surface area contributed by atoms with Gasteiger partial charge in [0.1, 0.15) is 0 Å². The summed E-state index contributed by atoms with van der Waals surface area (Å²) in [5, 5.41) is 0. The molecule has 4 nitrogen and oxygen atoms in total. The Labute approximate surface area is 160 Å². The van der Waals surface area contributed by atoms with Gasteiger partial charge in [0, 0.05) is 62.9 Å². The summed E-state index contributed by atoms with van der Waals surface area (Å²) < 4.78 is 9.59. The lowest BCUT2D eigenvalue weighted by Gasteiger charge is -2.30. The second-order valence-corrected chi connectivity index (χ2v) is 8.84. The molecule has 0 radical (unpaired) electrons. The zero-order valence-electron chi connectivity index (χ0n) is 15.6. The smallest absolute Gasteiger partial charge is 0.0589 e. The first-order valence-electron chi connectivity index (χ1n) is 9.64. The van der Waals surface area contributed by atoms with Crippen LogP contribution in [0, 0.1) is 11.3 Å². The van der Waals surface area contributed by atoms with Crippen molar-refractivity contribution in [2.45, 2.75) is 19.4 Å². The van der Waals surface area contributed by atoms with E-state index >= 15 is 0 Å². The average molecular weight is 372 g/mol. The van der Waals surface area contributed by atoms with E-state index in [1.54, 1.807) is 18.6 Å². The molecule has 0 spiro atoms. The number of fused-ring (bicyclic) bond motifs is 1. The van der Waals surface area contributed by atoms with Crippen LogP contribution in [-0.4, -0.2) is 60.6 Å². The third kappa shape index (κ3) is 4.01. The molecule has 3 heterocycles. The molecule has 0 saturated carbocycles.